The van der Waals surface area contributed by atoms with Gasteiger partial charge < -0.3 is 40.2 Å². The van der Waals surface area contributed by atoms with Crippen LogP contribution in [0.4, 0.5) is 0 Å². The maximum Gasteiger partial charge on any atom is 0.481 e. The first-order valence-electron chi connectivity index (χ1n) is 9.72. The smallest absolute Gasteiger partial charge is 0.387 e. The van der Waals surface area contributed by atoms with Gasteiger partial charge >= 0.3 is 21.3 Å². The molecule has 1 aliphatic rings. The van der Waals surface area contributed by atoms with Gasteiger partial charge in [-0.3, -0.25) is 13.9 Å². The molecule has 7 N–H and O–H groups in total. The van der Waals surface area contributed by atoms with Crippen molar-refractivity contribution in [3.63, 3.8) is 0 Å². The average molecular weight is 519 g/mol. The Morgan fingerprint density at radius 1 is 1.12 bits per heavy atom. The molecule has 1 aromatic rings. The second-order valence-corrected chi connectivity index (χ2v) is 10.0. The fraction of sp³-hybridized carbons (Fsp3) is 0.733. The lowest BCUT2D eigenvalue weighted by molar-refractivity contribution is -0.174. The van der Waals surface area contributed by atoms with Gasteiger partial charge in [-0.1, -0.05) is 6.42 Å². The SMILES string of the molecule is Cc1cn(O[C@H]2O[C@H](COP(=O)(O)OP(=O)(O)O)[C@@H](O)[C@H]2O)c(=O)n(CCCCCN)c1=O. The zero-order valence-electron chi connectivity index (χ0n) is 17.5. The first-order valence-corrected chi connectivity index (χ1v) is 12.7. The van der Waals surface area contributed by atoms with E-state index in [1.54, 1.807) is 0 Å². The van der Waals surface area contributed by atoms with E-state index in [-0.39, 0.29) is 12.1 Å². The van der Waals surface area contributed by atoms with Crippen molar-refractivity contribution in [1.29, 1.82) is 0 Å². The van der Waals surface area contributed by atoms with Crippen LogP contribution in [-0.4, -0.2) is 71.9 Å². The number of hydrogen-bond acceptors (Lipinski definition) is 11. The molecule has 1 saturated heterocycles. The second-order valence-electron chi connectivity index (χ2n) is 7.19. The van der Waals surface area contributed by atoms with Crippen LogP contribution in [0.3, 0.4) is 0 Å². The zero-order valence-corrected chi connectivity index (χ0v) is 19.3. The minimum Gasteiger partial charge on any atom is -0.387 e. The van der Waals surface area contributed by atoms with Crippen molar-refractivity contribution in [3.05, 3.63) is 32.6 Å². The Hall–Kier alpha value is -1.42. The molecule has 18 heteroatoms. The maximum absolute atomic E-state index is 12.6. The Morgan fingerprint density at radius 2 is 1.79 bits per heavy atom. The number of aliphatic hydroxyl groups is 2. The summed E-state index contributed by atoms with van der Waals surface area (Å²) in [6.07, 6.45) is -3.65. The largest absolute Gasteiger partial charge is 0.481 e. The molecule has 2 heterocycles. The topological polar surface area (TPSA) is 242 Å². The third-order valence-electron chi connectivity index (χ3n) is 4.55. The van der Waals surface area contributed by atoms with Crippen LogP contribution in [0.1, 0.15) is 24.8 Å². The van der Waals surface area contributed by atoms with Gasteiger partial charge in [-0.25, -0.2) is 13.9 Å². The van der Waals surface area contributed by atoms with Gasteiger partial charge in [0, 0.05) is 12.1 Å². The molecular weight excluding hydrogens is 492 g/mol. The molecular formula is C15H27N3O13P2. The van der Waals surface area contributed by atoms with Crippen LogP contribution in [0.5, 0.6) is 0 Å². The van der Waals surface area contributed by atoms with Crippen molar-refractivity contribution in [2.24, 2.45) is 5.73 Å². The van der Waals surface area contributed by atoms with Crippen molar-refractivity contribution >= 4 is 15.6 Å². The molecule has 5 atom stereocenters. The van der Waals surface area contributed by atoms with Gasteiger partial charge in [0.05, 0.1) is 12.8 Å². The van der Waals surface area contributed by atoms with Crippen molar-refractivity contribution in [1.82, 2.24) is 9.30 Å². The van der Waals surface area contributed by atoms with E-state index in [9.17, 15) is 33.8 Å². The number of rotatable bonds is 12. The number of unbranched alkanes of at least 4 members (excludes halogenated alkanes) is 2. The molecule has 0 bridgehead atoms. The molecule has 2 rings (SSSR count). The summed E-state index contributed by atoms with van der Waals surface area (Å²) in [5.74, 6) is 0. The van der Waals surface area contributed by atoms with Gasteiger partial charge in [-0.15, -0.1) is 4.73 Å². The number of ether oxygens (including phenoxy) is 1. The van der Waals surface area contributed by atoms with Gasteiger partial charge in [0.25, 0.3) is 11.8 Å². The summed E-state index contributed by atoms with van der Waals surface area (Å²) in [6, 6.07) is 0. The van der Waals surface area contributed by atoms with Crippen molar-refractivity contribution in [3.8, 4) is 0 Å². The number of phosphoric acid groups is 2. The number of nitrogens with zero attached hydrogens (tertiary/aromatic N) is 2. The molecule has 1 fully saturated rings. The van der Waals surface area contributed by atoms with Gasteiger partial charge in [0.1, 0.15) is 18.3 Å². The first kappa shape index (κ1) is 27.8. The van der Waals surface area contributed by atoms with Crippen LogP contribution in [0.15, 0.2) is 15.8 Å². The Kier molecular flexibility index (Phi) is 9.56. The molecule has 190 valence electrons. The normalized spacial score (nSPS) is 25.2. The van der Waals surface area contributed by atoms with Crippen molar-refractivity contribution < 1.29 is 52.4 Å². The fourth-order valence-corrected chi connectivity index (χ4v) is 4.54. The molecule has 0 radical (unpaired) electrons. The lowest BCUT2D eigenvalue weighted by Crippen LogP contribution is -2.47. The molecule has 0 spiro atoms. The molecule has 1 aliphatic heterocycles. The Bertz CT molecular complexity index is 1020. The molecule has 0 amide bonds. The summed E-state index contributed by atoms with van der Waals surface area (Å²) in [6.45, 7) is 1.08. The average Bonchev–Trinajstić information content (AvgIpc) is 2.96. The van der Waals surface area contributed by atoms with Crippen molar-refractivity contribution in [2.75, 3.05) is 13.2 Å². The Balaban J connectivity index is 2.11. The molecule has 1 unspecified atom stereocenters. The van der Waals surface area contributed by atoms with Crippen LogP contribution >= 0.6 is 15.6 Å². The summed E-state index contributed by atoms with van der Waals surface area (Å²) >= 11 is 0. The summed E-state index contributed by atoms with van der Waals surface area (Å²) in [5.41, 5.74) is 4.18. The summed E-state index contributed by atoms with van der Waals surface area (Å²) in [5, 5.41) is 20.2. The minimum absolute atomic E-state index is 0.0984. The predicted molar refractivity (Wildman–Crippen MR) is 109 cm³/mol. The maximum atomic E-state index is 12.6. The highest BCUT2D eigenvalue weighted by Crippen LogP contribution is 2.57. The number of nitrogens with two attached hydrogens (primary N) is 1. The summed E-state index contributed by atoms with van der Waals surface area (Å²) < 4.78 is 37.0. The lowest BCUT2D eigenvalue weighted by Gasteiger charge is -2.19. The van der Waals surface area contributed by atoms with E-state index < -0.39 is 58.1 Å². The van der Waals surface area contributed by atoms with Crippen LogP contribution < -0.4 is 21.8 Å². The number of aliphatic hydroxyl groups excluding tert-OH is 2. The molecule has 0 saturated carbocycles. The van der Waals surface area contributed by atoms with Crippen LogP contribution in [-0.2, 0) is 29.2 Å². The van der Waals surface area contributed by atoms with Gasteiger partial charge in [0.2, 0.25) is 0 Å². The number of aryl methyl sites for hydroxylation is 1. The predicted octanol–water partition coefficient (Wildman–Crippen LogP) is -2.45. The molecule has 16 nitrogen and oxygen atoms in total. The van der Waals surface area contributed by atoms with E-state index in [1.165, 1.54) is 6.92 Å². The van der Waals surface area contributed by atoms with E-state index in [4.69, 9.17) is 25.1 Å². The summed E-state index contributed by atoms with van der Waals surface area (Å²) in [7, 11) is -10.6. The van der Waals surface area contributed by atoms with Gasteiger partial charge in [0.15, 0.2) is 0 Å². The zero-order chi connectivity index (χ0) is 25.0. The van der Waals surface area contributed by atoms with Gasteiger partial charge in [-0.2, -0.15) is 4.31 Å². The lowest BCUT2D eigenvalue weighted by atomic mass is 10.1. The van der Waals surface area contributed by atoms with E-state index in [2.05, 4.69) is 8.83 Å². The van der Waals surface area contributed by atoms with Crippen molar-refractivity contribution in [2.45, 2.75) is 57.3 Å². The third-order valence-corrected chi connectivity index (χ3v) is 6.70. The highest BCUT2D eigenvalue weighted by atomic mass is 31.3. The highest BCUT2D eigenvalue weighted by Gasteiger charge is 2.46. The third kappa shape index (κ3) is 7.80. The number of aromatic nitrogens is 2. The summed E-state index contributed by atoms with van der Waals surface area (Å²) in [4.78, 5) is 56.7. The van der Waals surface area contributed by atoms with Crippen LogP contribution in [0, 0.1) is 6.92 Å². The van der Waals surface area contributed by atoms with Crippen LogP contribution in [0.2, 0.25) is 0 Å². The van der Waals surface area contributed by atoms with E-state index >= 15 is 0 Å². The molecule has 33 heavy (non-hydrogen) atoms. The number of phosphoric ester groups is 1. The van der Waals surface area contributed by atoms with E-state index in [0.29, 0.717) is 30.5 Å². The highest BCUT2D eigenvalue weighted by molar-refractivity contribution is 7.60. The standard InChI is InChI=1S/C15H27N3O13P2/c1-9-7-18(15(22)17(13(9)21)6-4-2-3-5-16)30-14-12(20)11(19)10(29-14)8-28-33(26,27)31-32(23,24)25/h7,10-12,14,19-20H,2-6,8,16H2,1H3,(H,26,27)(H2,23,24,25)/t10-,11-,12-,14-/m1/s1. The quantitative estimate of drug-likeness (QED) is 0.124. The monoisotopic (exact) mass is 519 g/mol. The Morgan fingerprint density at radius 3 is 2.39 bits per heavy atom. The van der Waals surface area contributed by atoms with E-state index in [0.717, 1.165) is 10.8 Å². The Labute approximate surface area is 186 Å². The van der Waals surface area contributed by atoms with Crippen LogP contribution in [0.25, 0.3) is 0 Å². The molecule has 0 aromatic carbocycles. The number of hydrogen-bond donors (Lipinski definition) is 6. The first-order chi connectivity index (χ1) is 15.3. The molecule has 0 aliphatic carbocycles. The van der Waals surface area contributed by atoms with Gasteiger partial charge in [-0.05, 0) is 26.3 Å². The van der Waals surface area contributed by atoms with E-state index in [1.807, 2.05) is 0 Å². The second kappa shape index (κ2) is 11.3. The molecule has 1 aromatic heterocycles. The minimum atomic E-state index is -5.35. The fourth-order valence-electron chi connectivity index (χ4n) is 2.95.